The van der Waals surface area contributed by atoms with Gasteiger partial charge in [-0.05, 0) is 24.8 Å². The van der Waals surface area contributed by atoms with Crippen LogP contribution in [0.5, 0.6) is 0 Å². The lowest BCUT2D eigenvalue weighted by atomic mass is 9.95. The molecule has 1 aliphatic rings. The van der Waals surface area contributed by atoms with Gasteiger partial charge in [0.2, 0.25) is 0 Å². The van der Waals surface area contributed by atoms with Crippen LogP contribution in [0.15, 0.2) is 24.5 Å². The molecule has 0 saturated carbocycles. The lowest BCUT2D eigenvalue weighted by molar-refractivity contribution is 0.0973. The van der Waals surface area contributed by atoms with Crippen LogP contribution >= 0.6 is 0 Å². The molecule has 0 radical (unpaired) electrons. The third-order valence-corrected chi connectivity index (χ3v) is 3.02. The summed E-state index contributed by atoms with van der Waals surface area (Å²) in [4.78, 5) is 11.6. The maximum Gasteiger partial charge on any atom is 0.164 e. The number of nitrogens with zero attached hydrogens (tertiary/aromatic N) is 1. The summed E-state index contributed by atoms with van der Waals surface area (Å²) in [5.41, 5.74) is 3.36. The highest BCUT2D eigenvalue weighted by Crippen LogP contribution is 2.22. The summed E-state index contributed by atoms with van der Waals surface area (Å²) >= 11 is 0. The Morgan fingerprint density at radius 2 is 2.27 bits per heavy atom. The average Bonchev–Trinajstić information content (AvgIpc) is 2.62. The number of hydrogen-bond donors (Lipinski definition) is 0. The van der Waals surface area contributed by atoms with Crippen LogP contribution in [0.25, 0.3) is 0 Å². The van der Waals surface area contributed by atoms with Gasteiger partial charge in [-0.3, -0.25) is 4.79 Å². The Morgan fingerprint density at radius 1 is 1.47 bits per heavy atom. The fourth-order valence-corrected chi connectivity index (χ4v) is 2.04. The molecule has 0 N–H and O–H groups in total. The maximum absolute atomic E-state index is 11.6. The normalized spacial score (nSPS) is 15.1. The van der Waals surface area contributed by atoms with Gasteiger partial charge in [0.15, 0.2) is 5.78 Å². The van der Waals surface area contributed by atoms with E-state index in [1.165, 1.54) is 11.1 Å². The number of allylic oxidation sites excluding steroid dienone is 1. The number of aromatic nitrogens is 1. The molecule has 80 valence electrons. The molecule has 0 bridgehead atoms. The van der Waals surface area contributed by atoms with E-state index >= 15 is 0 Å². The van der Waals surface area contributed by atoms with Crippen molar-refractivity contribution in [2.45, 2.75) is 39.2 Å². The summed E-state index contributed by atoms with van der Waals surface area (Å²) in [6, 6.07) is 0. The zero-order valence-corrected chi connectivity index (χ0v) is 9.25. The van der Waals surface area contributed by atoms with Crippen LogP contribution < -0.4 is 0 Å². The van der Waals surface area contributed by atoms with E-state index in [0.717, 1.165) is 31.4 Å². The molecule has 0 atom stereocenters. The van der Waals surface area contributed by atoms with Gasteiger partial charge in [-0.15, -0.1) is 0 Å². The largest absolute Gasteiger partial charge is 0.349 e. The van der Waals surface area contributed by atoms with Gasteiger partial charge >= 0.3 is 0 Å². The van der Waals surface area contributed by atoms with E-state index in [9.17, 15) is 4.79 Å². The highest BCUT2D eigenvalue weighted by molar-refractivity contribution is 5.98. The number of ketones is 1. The Morgan fingerprint density at radius 3 is 2.93 bits per heavy atom. The Kier molecular flexibility index (Phi) is 2.76. The first-order valence-corrected chi connectivity index (χ1v) is 5.59. The molecule has 0 amide bonds. The van der Waals surface area contributed by atoms with Crippen LogP contribution in [0.3, 0.4) is 0 Å². The van der Waals surface area contributed by atoms with Gasteiger partial charge in [0.05, 0.1) is 0 Å². The van der Waals surface area contributed by atoms with Crippen LogP contribution in [-0.4, -0.2) is 10.4 Å². The molecule has 1 aliphatic carbocycles. The van der Waals surface area contributed by atoms with Crippen molar-refractivity contribution in [2.24, 2.45) is 0 Å². The molecule has 0 spiro atoms. The van der Waals surface area contributed by atoms with Gasteiger partial charge in [0, 0.05) is 30.9 Å². The molecule has 0 aliphatic heterocycles. The van der Waals surface area contributed by atoms with Crippen LogP contribution in [0.4, 0.5) is 0 Å². The Balaban J connectivity index is 2.22. The minimum atomic E-state index is 0.303. The van der Waals surface area contributed by atoms with Gasteiger partial charge in [-0.2, -0.15) is 0 Å². The van der Waals surface area contributed by atoms with Gasteiger partial charge in [-0.25, -0.2) is 0 Å². The molecule has 15 heavy (non-hydrogen) atoms. The minimum Gasteiger partial charge on any atom is -0.349 e. The molecule has 2 heteroatoms. The number of aryl methyl sites for hydroxylation is 1. The minimum absolute atomic E-state index is 0.303. The van der Waals surface area contributed by atoms with Crippen molar-refractivity contribution in [2.75, 3.05) is 0 Å². The van der Waals surface area contributed by atoms with Crippen molar-refractivity contribution in [1.82, 2.24) is 4.57 Å². The van der Waals surface area contributed by atoms with Crippen molar-refractivity contribution in [3.63, 3.8) is 0 Å². The van der Waals surface area contributed by atoms with Crippen LogP contribution in [0.1, 0.15) is 42.1 Å². The lowest BCUT2D eigenvalue weighted by Gasteiger charge is -2.07. The first-order chi connectivity index (χ1) is 7.20. The van der Waals surface area contributed by atoms with Crippen molar-refractivity contribution >= 4 is 5.78 Å². The van der Waals surface area contributed by atoms with E-state index in [4.69, 9.17) is 0 Å². The number of Topliss-reactive ketones (excluding diaryl/α,β-unsaturated/α-hetero) is 1. The third kappa shape index (κ3) is 2.04. The maximum atomic E-state index is 11.6. The van der Waals surface area contributed by atoms with Crippen molar-refractivity contribution in [1.29, 1.82) is 0 Å². The van der Waals surface area contributed by atoms with E-state index in [2.05, 4.69) is 24.3 Å². The van der Waals surface area contributed by atoms with E-state index < -0.39 is 0 Å². The first kappa shape index (κ1) is 10.2. The number of hydrogen-bond acceptors (Lipinski definition) is 1. The summed E-state index contributed by atoms with van der Waals surface area (Å²) < 4.78 is 2.10. The molecule has 1 aromatic heterocycles. The summed E-state index contributed by atoms with van der Waals surface area (Å²) in [5.74, 6) is 0.303. The van der Waals surface area contributed by atoms with Crippen molar-refractivity contribution in [3.8, 4) is 0 Å². The Bertz CT molecular complexity index is 401. The second-order valence-corrected chi connectivity index (χ2v) is 4.25. The lowest BCUT2D eigenvalue weighted by Crippen LogP contribution is -2.07. The Labute approximate surface area is 90.6 Å². The highest BCUT2D eigenvalue weighted by atomic mass is 16.1. The van der Waals surface area contributed by atoms with E-state index in [-0.39, 0.29) is 0 Å². The molecule has 2 rings (SSSR count). The number of fused-ring (bicyclic) bond motifs is 1. The summed E-state index contributed by atoms with van der Waals surface area (Å²) in [7, 11) is 0. The monoisotopic (exact) mass is 203 g/mol. The second kappa shape index (κ2) is 4.05. The quantitative estimate of drug-likeness (QED) is 0.692. The molecular formula is C13H17NO. The van der Waals surface area contributed by atoms with Gasteiger partial charge < -0.3 is 4.57 Å². The molecule has 0 unspecified atom stereocenters. The topological polar surface area (TPSA) is 22.0 Å². The fourth-order valence-electron chi connectivity index (χ4n) is 2.04. The molecular weight excluding hydrogens is 186 g/mol. The summed E-state index contributed by atoms with van der Waals surface area (Å²) in [5, 5.41) is 0. The standard InChI is InChI=1S/C13H17NO/c1-3-10(2)7-14-8-11-5-4-6-13(15)12(11)9-14/h8-9H,2-7H2,1H3. The average molecular weight is 203 g/mol. The zero-order valence-electron chi connectivity index (χ0n) is 9.25. The predicted molar refractivity (Wildman–Crippen MR) is 61.1 cm³/mol. The molecule has 1 aromatic rings. The first-order valence-electron chi connectivity index (χ1n) is 5.59. The van der Waals surface area contributed by atoms with Crippen LogP contribution in [0.2, 0.25) is 0 Å². The molecule has 0 aromatic carbocycles. The number of carbonyl (C=O) groups is 1. The Hall–Kier alpha value is -1.31. The molecule has 0 saturated heterocycles. The molecule has 1 heterocycles. The number of rotatable bonds is 3. The third-order valence-electron chi connectivity index (χ3n) is 3.02. The second-order valence-electron chi connectivity index (χ2n) is 4.25. The fraction of sp³-hybridized carbons (Fsp3) is 0.462. The summed E-state index contributed by atoms with van der Waals surface area (Å²) in [6.45, 7) is 6.94. The SMILES string of the molecule is C=C(CC)Cn1cc2c(c1)C(=O)CCC2. The van der Waals surface area contributed by atoms with Gasteiger partial charge in [0.25, 0.3) is 0 Å². The highest BCUT2D eigenvalue weighted by Gasteiger charge is 2.18. The van der Waals surface area contributed by atoms with Gasteiger partial charge in [0.1, 0.15) is 0 Å². The van der Waals surface area contributed by atoms with Crippen LogP contribution in [0, 0.1) is 0 Å². The smallest absolute Gasteiger partial charge is 0.164 e. The predicted octanol–water partition coefficient (Wildman–Crippen LogP) is 2.97. The number of carbonyl (C=O) groups excluding carboxylic acids is 1. The van der Waals surface area contributed by atoms with Crippen molar-refractivity contribution in [3.05, 3.63) is 35.7 Å². The van der Waals surface area contributed by atoms with E-state index in [1.54, 1.807) is 0 Å². The zero-order chi connectivity index (χ0) is 10.8. The van der Waals surface area contributed by atoms with Gasteiger partial charge in [-0.1, -0.05) is 19.1 Å². The molecule has 0 fully saturated rings. The van der Waals surface area contributed by atoms with Crippen molar-refractivity contribution < 1.29 is 4.79 Å². The summed E-state index contributed by atoms with van der Waals surface area (Å²) in [6.07, 6.45) is 7.85. The van der Waals surface area contributed by atoms with E-state index in [1.807, 2.05) is 6.20 Å². The van der Waals surface area contributed by atoms with Crippen LogP contribution in [-0.2, 0) is 13.0 Å². The van der Waals surface area contributed by atoms with E-state index in [0.29, 0.717) is 12.2 Å². The molecule has 2 nitrogen and oxygen atoms in total.